The number of rotatable bonds is 4. The molecule has 2 fully saturated rings. The van der Waals surface area contributed by atoms with E-state index < -0.39 is 10.0 Å². The van der Waals surface area contributed by atoms with Gasteiger partial charge in [-0.1, -0.05) is 19.3 Å². The zero-order chi connectivity index (χ0) is 14.6. The van der Waals surface area contributed by atoms with Gasteiger partial charge in [0.15, 0.2) is 0 Å². The SMILES string of the molecule is CC(C)N(CC1CSCCS(=O)(=O)N1)C1CCCCC1. The average molecular weight is 321 g/mol. The van der Waals surface area contributed by atoms with Crippen LogP contribution in [0.15, 0.2) is 0 Å². The lowest BCUT2D eigenvalue weighted by molar-refractivity contribution is 0.113. The Balaban J connectivity index is 1.99. The normalized spacial score (nSPS) is 28.7. The molecule has 1 atom stereocenters. The summed E-state index contributed by atoms with van der Waals surface area (Å²) in [5.74, 6) is 1.88. The Hall–Kier alpha value is 0.220. The number of hydrogen-bond acceptors (Lipinski definition) is 4. The van der Waals surface area contributed by atoms with E-state index in [-0.39, 0.29) is 11.8 Å². The highest BCUT2D eigenvalue weighted by atomic mass is 32.2. The molecule has 0 amide bonds. The first kappa shape index (κ1) is 16.6. The van der Waals surface area contributed by atoms with Crippen molar-refractivity contribution in [3.8, 4) is 0 Å². The molecule has 4 nitrogen and oxygen atoms in total. The van der Waals surface area contributed by atoms with Gasteiger partial charge in [0.1, 0.15) is 0 Å². The number of thioether (sulfide) groups is 1. The van der Waals surface area contributed by atoms with E-state index in [4.69, 9.17) is 0 Å². The fourth-order valence-electron chi connectivity index (χ4n) is 3.28. The third-order valence-corrected chi connectivity index (χ3v) is 7.12. The topological polar surface area (TPSA) is 49.4 Å². The Bertz CT molecular complexity index is 392. The van der Waals surface area contributed by atoms with Crippen molar-refractivity contribution in [2.75, 3.05) is 23.8 Å². The standard InChI is InChI=1S/C14H28N2O2S2/c1-12(2)16(14-6-4-3-5-7-14)10-13-11-19-8-9-20(17,18)15-13/h12-15H,3-11H2,1-2H3. The van der Waals surface area contributed by atoms with E-state index in [1.807, 2.05) is 0 Å². The van der Waals surface area contributed by atoms with Crippen molar-refractivity contribution in [2.24, 2.45) is 0 Å². The van der Waals surface area contributed by atoms with Crippen LogP contribution in [0.25, 0.3) is 0 Å². The molecule has 0 aromatic carbocycles. The molecule has 1 aliphatic heterocycles. The Kier molecular flexibility index (Phi) is 6.20. The molecule has 1 unspecified atom stereocenters. The quantitative estimate of drug-likeness (QED) is 0.861. The highest BCUT2D eigenvalue weighted by Gasteiger charge is 2.29. The van der Waals surface area contributed by atoms with Crippen molar-refractivity contribution in [1.82, 2.24) is 9.62 Å². The minimum atomic E-state index is -3.07. The van der Waals surface area contributed by atoms with Crippen LogP contribution in [0.5, 0.6) is 0 Å². The number of nitrogens with one attached hydrogen (secondary N) is 1. The van der Waals surface area contributed by atoms with Gasteiger partial charge in [0.25, 0.3) is 0 Å². The fraction of sp³-hybridized carbons (Fsp3) is 1.00. The minimum Gasteiger partial charge on any atom is -0.296 e. The van der Waals surface area contributed by atoms with Crippen LogP contribution in [-0.4, -0.2) is 55.2 Å². The highest BCUT2D eigenvalue weighted by Crippen LogP contribution is 2.25. The van der Waals surface area contributed by atoms with Gasteiger partial charge >= 0.3 is 0 Å². The molecule has 20 heavy (non-hydrogen) atoms. The maximum Gasteiger partial charge on any atom is 0.212 e. The molecule has 1 N–H and O–H groups in total. The minimum absolute atomic E-state index is 0.0665. The van der Waals surface area contributed by atoms with Crippen molar-refractivity contribution >= 4 is 21.8 Å². The van der Waals surface area contributed by atoms with E-state index in [2.05, 4.69) is 23.5 Å². The molecule has 1 saturated carbocycles. The Morgan fingerprint density at radius 2 is 1.95 bits per heavy atom. The first-order valence-electron chi connectivity index (χ1n) is 7.81. The van der Waals surface area contributed by atoms with Crippen LogP contribution in [0.3, 0.4) is 0 Å². The van der Waals surface area contributed by atoms with E-state index in [9.17, 15) is 8.42 Å². The highest BCUT2D eigenvalue weighted by molar-refractivity contribution is 8.00. The van der Waals surface area contributed by atoms with E-state index in [1.54, 1.807) is 11.8 Å². The van der Waals surface area contributed by atoms with Crippen LogP contribution >= 0.6 is 11.8 Å². The predicted molar refractivity (Wildman–Crippen MR) is 86.8 cm³/mol. The van der Waals surface area contributed by atoms with Crippen LogP contribution < -0.4 is 4.72 Å². The molecular weight excluding hydrogens is 292 g/mol. The second kappa shape index (κ2) is 7.47. The van der Waals surface area contributed by atoms with Gasteiger partial charge < -0.3 is 0 Å². The summed E-state index contributed by atoms with van der Waals surface area (Å²) in [6.45, 7) is 5.31. The van der Waals surface area contributed by atoms with Gasteiger partial charge in [-0.05, 0) is 26.7 Å². The Morgan fingerprint density at radius 3 is 2.60 bits per heavy atom. The van der Waals surface area contributed by atoms with E-state index in [1.165, 1.54) is 32.1 Å². The summed E-state index contributed by atoms with van der Waals surface area (Å²) in [7, 11) is -3.07. The smallest absolute Gasteiger partial charge is 0.212 e. The largest absolute Gasteiger partial charge is 0.296 e. The summed E-state index contributed by atoms with van der Waals surface area (Å²) in [5, 5.41) is 0. The van der Waals surface area contributed by atoms with Gasteiger partial charge in [-0.2, -0.15) is 11.8 Å². The summed E-state index contributed by atoms with van der Waals surface area (Å²) < 4.78 is 26.6. The molecule has 0 aromatic rings. The van der Waals surface area contributed by atoms with Crippen LogP contribution in [-0.2, 0) is 10.0 Å². The molecule has 6 heteroatoms. The van der Waals surface area contributed by atoms with Crippen LogP contribution in [0.4, 0.5) is 0 Å². The van der Waals surface area contributed by atoms with Crippen molar-refractivity contribution < 1.29 is 8.42 Å². The molecule has 0 spiro atoms. The molecule has 0 aromatic heterocycles. The molecule has 2 rings (SSSR count). The number of sulfonamides is 1. The second-order valence-electron chi connectivity index (χ2n) is 6.29. The zero-order valence-corrected chi connectivity index (χ0v) is 14.3. The predicted octanol–water partition coefficient (Wildman–Crippen LogP) is 2.06. The van der Waals surface area contributed by atoms with Gasteiger partial charge in [-0.25, -0.2) is 13.1 Å². The van der Waals surface area contributed by atoms with Gasteiger partial charge in [0.2, 0.25) is 10.0 Å². The molecule has 118 valence electrons. The summed E-state index contributed by atoms with van der Waals surface area (Å²) in [6, 6.07) is 1.19. The molecule has 2 aliphatic rings. The van der Waals surface area contributed by atoms with E-state index >= 15 is 0 Å². The monoisotopic (exact) mass is 320 g/mol. The third kappa shape index (κ3) is 4.90. The maximum absolute atomic E-state index is 11.9. The third-order valence-electron chi connectivity index (χ3n) is 4.30. The first-order chi connectivity index (χ1) is 9.48. The zero-order valence-electron chi connectivity index (χ0n) is 12.7. The van der Waals surface area contributed by atoms with Crippen LogP contribution in [0.1, 0.15) is 46.0 Å². The number of hydrogen-bond donors (Lipinski definition) is 1. The van der Waals surface area contributed by atoms with E-state index in [0.29, 0.717) is 12.1 Å². The molecule has 1 aliphatic carbocycles. The van der Waals surface area contributed by atoms with Gasteiger partial charge in [-0.3, -0.25) is 4.90 Å². The van der Waals surface area contributed by atoms with Gasteiger partial charge in [0.05, 0.1) is 5.75 Å². The lowest BCUT2D eigenvalue weighted by Gasteiger charge is -2.39. The number of nitrogens with zero attached hydrogens (tertiary/aromatic N) is 1. The lowest BCUT2D eigenvalue weighted by atomic mass is 9.93. The summed E-state index contributed by atoms with van der Waals surface area (Å²) in [4.78, 5) is 2.53. The summed E-state index contributed by atoms with van der Waals surface area (Å²) >= 11 is 1.76. The lowest BCUT2D eigenvalue weighted by Crippen LogP contribution is -2.50. The van der Waals surface area contributed by atoms with Crippen LogP contribution in [0.2, 0.25) is 0 Å². The van der Waals surface area contributed by atoms with Crippen LogP contribution in [0, 0.1) is 0 Å². The molecule has 1 heterocycles. The van der Waals surface area contributed by atoms with Crippen molar-refractivity contribution in [3.05, 3.63) is 0 Å². The molecule has 1 saturated heterocycles. The van der Waals surface area contributed by atoms with E-state index in [0.717, 1.165) is 18.1 Å². The fourth-order valence-corrected chi connectivity index (χ4v) is 6.16. The molecule has 0 radical (unpaired) electrons. The maximum atomic E-state index is 11.9. The van der Waals surface area contributed by atoms with Crippen molar-refractivity contribution in [2.45, 2.75) is 64.1 Å². The van der Waals surface area contributed by atoms with Gasteiger partial charge in [0, 0.05) is 36.2 Å². The summed E-state index contributed by atoms with van der Waals surface area (Å²) in [5.41, 5.74) is 0. The van der Waals surface area contributed by atoms with Crippen molar-refractivity contribution in [1.29, 1.82) is 0 Å². The molecule has 0 bridgehead atoms. The first-order valence-corrected chi connectivity index (χ1v) is 10.6. The van der Waals surface area contributed by atoms with Gasteiger partial charge in [-0.15, -0.1) is 0 Å². The average Bonchev–Trinajstić information content (AvgIpc) is 2.57. The second-order valence-corrected chi connectivity index (χ2v) is 9.31. The summed E-state index contributed by atoms with van der Waals surface area (Å²) in [6.07, 6.45) is 6.53. The molecular formula is C14H28N2O2S2. The Labute approximate surface area is 128 Å². The Morgan fingerprint density at radius 1 is 1.25 bits per heavy atom. The van der Waals surface area contributed by atoms with Crippen molar-refractivity contribution in [3.63, 3.8) is 0 Å².